The van der Waals surface area contributed by atoms with Crippen molar-refractivity contribution in [3.8, 4) is 5.75 Å². The van der Waals surface area contributed by atoms with Gasteiger partial charge in [0.05, 0.1) is 11.7 Å². The van der Waals surface area contributed by atoms with E-state index in [1.165, 1.54) is 0 Å². The Hall–Kier alpha value is -1.26. The highest BCUT2D eigenvalue weighted by Crippen LogP contribution is 2.19. The summed E-state index contributed by atoms with van der Waals surface area (Å²) in [4.78, 5) is 12.1. The first-order valence-corrected chi connectivity index (χ1v) is 6.41. The van der Waals surface area contributed by atoms with Crippen LogP contribution in [-0.2, 0) is 0 Å². The summed E-state index contributed by atoms with van der Waals surface area (Å²) in [7, 11) is 0. The Bertz CT molecular complexity index is 420. The van der Waals surface area contributed by atoms with Crippen LogP contribution < -0.4 is 15.4 Å². The predicted molar refractivity (Wildman–Crippen MR) is 78.1 cm³/mol. The van der Waals surface area contributed by atoms with Crippen LogP contribution in [0.5, 0.6) is 5.75 Å². The van der Waals surface area contributed by atoms with Crippen molar-refractivity contribution in [2.75, 3.05) is 19.6 Å². The standard InChI is InChI=1S/C14H20N2O2.ClH/c1-10(2)18-13-6-4-3-5-12(13)14(17)16-9-11-7-15-8-11;/h3-6,10-11,15H,7-9H2,1-2H3,(H,16,17);1H. The van der Waals surface area contributed by atoms with Crippen molar-refractivity contribution in [2.24, 2.45) is 5.92 Å². The van der Waals surface area contributed by atoms with Crippen LogP contribution in [0.2, 0.25) is 0 Å². The zero-order chi connectivity index (χ0) is 13.0. The normalized spacial score (nSPS) is 14.5. The lowest BCUT2D eigenvalue weighted by Crippen LogP contribution is -2.48. The van der Waals surface area contributed by atoms with E-state index in [9.17, 15) is 4.79 Å². The van der Waals surface area contributed by atoms with Gasteiger partial charge in [0.2, 0.25) is 0 Å². The molecule has 1 aliphatic heterocycles. The number of hydrogen-bond donors (Lipinski definition) is 2. The maximum absolute atomic E-state index is 12.1. The molecule has 0 aromatic heterocycles. The molecule has 0 saturated carbocycles. The average Bonchev–Trinajstić information content (AvgIpc) is 2.26. The second kappa shape index (κ2) is 7.36. The fourth-order valence-electron chi connectivity index (χ4n) is 1.84. The molecular formula is C14H21ClN2O2. The summed E-state index contributed by atoms with van der Waals surface area (Å²) < 4.78 is 5.64. The van der Waals surface area contributed by atoms with E-state index in [0.717, 1.165) is 19.6 Å². The van der Waals surface area contributed by atoms with E-state index in [0.29, 0.717) is 17.2 Å². The number of rotatable bonds is 5. The van der Waals surface area contributed by atoms with Crippen LogP contribution in [0.4, 0.5) is 0 Å². The molecule has 0 radical (unpaired) electrons. The monoisotopic (exact) mass is 284 g/mol. The van der Waals surface area contributed by atoms with E-state index in [2.05, 4.69) is 10.6 Å². The molecule has 0 atom stereocenters. The molecule has 2 rings (SSSR count). The van der Waals surface area contributed by atoms with Gasteiger partial charge < -0.3 is 15.4 Å². The van der Waals surface area contributed by atoms with Crippen molar-refractivity contribution < 1.29 is 9.53 Å². The van der Waals surface area contributed by atoms with E-state index in [1.807, 2.05) is 32.0 Å². The van der Waals surface area contributed by atoms with Crippen LogP contribution in [0, 0.1) is 5.92 Å². The smallest absolute Gasteiger partial charge is 0.255 e. The first kappa shape index (κ1) is 15.8. The van der Waals surface area contributed by atoms with Crippen molar-refractivity contribution in [2.45, 2.75) is 20.0 Å². The number of hydrogen-bond acceptors (Lipinski definition) is 3. The summed E-state index contributed by atoms with van der Waals surface area (Å²) in [5.74, 6) is 1.15. The molecule has 2 N–H and O–H groups in total. The molecule has 1 aromatic carbocycles. The van der Waals surface area contributed by atoms with Crippen molar-refractivity contribution >= 4 is 18.3 Å². The van der Waals surface area contributed by atoms with E-state index in [4.69, 9.17) is 4.74 Å². The van der Waals surface area contributed by atoms with Gasteiger partial charge in [-0.1, -0.05) is 12.1 Å². The highest BCUT2D eigenvalue weighted by atomic mass is 35.5. The minimum Gasteiger partial charge on any atom is -0.490 e. The Balaban J connectivity index is 0.00000180. The van der Waals surface area contributed by atoms with Gasteiger partial charge in [0.25, 0.3) is 5.91 Å². The molecule has 1 aromatic rings. The lowest BCUT2D eigenvalue weighted by molar-refractivity contribution is 0.0936. The first-order chi connectivity index (χ1) is 8.66. The van der Waals surface area contributed by atoms with E-state index >= 15 is 0 Å². The van der Waals surface area contributed by atoms with E-state index in [1.54, 1.807) is 6.07 Å². The van der Waals surface area contributed by atoms with Gasteiger partial charge in [-0.25, -0.2) is 0 Å². The second-order valence-electron chi connectivity index (χ2n) is 4.90. The fourth-order valence-corrected chi connectivity index (χ4v) is 1.84. The minimum absolute atomic E-state index is 0. The third-order valence-electron chi connectivity index (χ3n) is 2.91. The van der Waals surface area contributed by atoms with Gasteiger partial charge in [-0.05, 0) is 26.0 Å². The lowest BCUT2D eigenvalue weighted by Gasteiger charge is -2.27. The molecule has 0 spiro atoms. The highest BCUT2D eigenvalue weighted by Gasteiger charge is 2.19. The summed E-state index contributed by atoms with van der Waals surface area (Å²) in [6.45, 7) is 6.61. The third-order valence-corrected chi connectivity index (χ3v) is 2.91. The van der Waals surface area contributed by atoms with Gasteiger partial charge in [-0.15, -0.1) is 12.4 Å². The molecule has 1 heterocycles. The quantitative estimate of drug-likeness (QED) is 0.867. The molecule has 106 valence electrons. The van der Waals surface area contributed by atoms with Crippen LogP contribution in [0.15, 0.2) is 24.3 Å². The van der Waals surface area contributed by atoms with Gasteiger partial charge in [-0.2, -0.15) is 0 Å². The molecule has 1 aliphatic rings. The molecular weight excluding hydrogens is 264 g/mol. The summed E-state index contributed by atoms with van der Waals surface area (Å²) in [6.07, 6.45) is 0.0646. The number of amides is 1. The van der Waals surface area contributed by atoms with E-state index < -0.39 is 0 Å². The number of benzene rings is 1. The highest BCUT2D eigenvalue weighted by molar-refractivity contribution is 5.96. The zero-order valence-corrected chi connectivity index (χ0v) is 12.1. The molecule has 4 nitrogen and oxygen atoms in total. The molecule has 1 saturated heterocycles. The minimum atomic E-state index is -0.0573. The van der Waals surface area contributed by atoms with Crippen LogP contribution in [-0.4, -0.2) is 31.6 Å². The maximum Gasteiger partial charge on any atom is 0.255 e. The Morgan fingerprint density at radius 2 is 2.11 bits per heavy atom. The van der Waals surface area contributed by atoms with Gasteiger partial charge in [0.1, 0.15) is 5.75 Å². The average molecular weight is 285 g/mol. The molecule has 1 amide bonds. The van der Waals surface area contributed by atoms with Crippen molar-refractivity contribution in [1.82, 2.24) is 10.6 Å². The van der Waals surface area contributed by atoms with Crippen molar-refractivity contribution in [1.29, 1.82) is 0 Å². The lowest BCUT2D eigenvalue weighted by atomic mass is 10.0. The molecule has 0 unspecified atom stereocenters. The Morgan fingerprint density at radius 3 is 2.68 bits per heavy atom. The van der Waals surface area contributed by atoms with Gasteiger partial charge in [0.15, 0.2) is 0 Å². The fraction of sp³-hybridized carbons (Fsp3) is 0.500. The Morgan fingerprint density at radius 1 is 1.42 bits per heavy atom. The van der Waals surface area contributed by atoms with Crippen LogP contribution in [0.3, 0.4) is 0 Å². The van der Waals surface area contributed by atoms with Crippen LogP contribution >= 0.6 is 12.4 Å². The van der Waals surface area contributed by atoms with Gasteiger partial charge >= 0.3 is 0 Å². The molecule has 0 bridgehead atoms. The van der Waals surface area contributed by atoms with Crippen LogP contribution in [0.1, 0.15) is 24.2 Å². The maximum atomic E-state index is 12.1. The third kappa shape index (κ3) is 4.40. The summed E-state index contributed by atoms with van der Waals surface area (Å²) >= 11 is 0. The first-order valence-electron chi connectivity index (χ1n) is 6.41. The SMILES string of the molecule is CC(C)Oc1ccccc1C(=O)NCC1CNC1.Cl. The van der Waals surface area contributed by atoms with Gasteiger partial charge in [0, 0.05) is 25.6 Å². The van der Waals surface area contributed by atoms with Crippen LogP contribution in [0.25, 0.3) is 0 Å². The number of nitrogens with one attached hydrogen (secondary N) is 2. The summed E-state index contributed by atoms with van der Waals surface area (Å²) in [5.41, 5.74) is 0.610. The molecule has 1 fully saturated rings. The predicted octanol–water partition coefficient (Wildman–Crippen LogP) is 1.84. The molecule has 0 aliphatic carbocycles. The van der Waals surface area contributed by atoms with Gasteiger partial charge in [-0.3, -0.25) is 4.79 Å². The Kier molecular flexibility index (Phi) is 6.12. The number of ether oxygens (including phenoxy) is 1. The Labute approximate surface area is 120 Å². The number of halogens is 1. The topological polar surface area (TPSA) is 50.4 Å². The summed E-state index contributed by atoms with van der Waals surface area (Å²) in [6, 6.07) is 7.36. The molecule has 5 heteroatoms. The number of carbonyl (C=O) groups excluding carboxylic acids is 1. The van der Waals surface area contributed by atoms with Crippen molar-refractivity contribution in [3.63, 3.8) is 0 Å². The molecule has 19 heavy (non-hydrogen) atoms. The number of para-hydroxylation sites is 1. The zero-order valence-electron chi connectivity index (χ0n) is 11.3. The largest absolute Gasteiger partial charge is 0.490 e. The number of carbonyl (C=O) groups is 1. The van der Waals surface area contributed by atoms with Crippen molar-refractivity contribution in [3.05, 3.63) is 29.8 Å². The summed E-state index contributed by atoms with van der Waals surface area (Å²) in [5, 5.41) is 6.14. The van der Waals surface area contributed by atoms with E-state index in [-0.39, 0.29) is 24.4 Å². The second-order valence-corrected chi connectivity index (χ2v) is 4.90.